The molecule has 1 aliphatic carbocycles. The van der Waals surface area contributed by atoms with Crippen molar-refractivity contribution in [1.29, 1.82) is 0 Å². The molecule has 15 heavy (non-hydrogen) atoms. The van der Waals surface area contributed by atoms with Gasteiger partial charge in [-0.05, 0) is 43.5 Å². The molecule has 0 heterocycles. The van der Waals surface area contributed by atoms with Gasteiger partial charge < -0.3 is 5.32 Å². The number of rotatable bonds is 3. The summed E-state index contributed by atoms with van der Waals surface area (Å²) >= 11 is 0. The fourth-order valence-electron chi connectivity index (χ4n) is 2.67. The summed E-state index contributed by atoms with van der Waals surface area (Å²) in [6.07, 6.45) is 2.49. The van der Waals surface area contributed by atoms with E-state index in [-0.39, 0.29) is 11.2 Å². The average molecular weight is 207 g/mol. The lowest BCUT2D eigenvalue weighted by molar-refractivity contribution is 0.137. The summed E-state index contributed by atoms with van der Waals surface area (Å²) < 4.78 is 12.9. The van der Waals surface area contributed by atoms with Crippen LogP contribution in [0.5, 0.6) is 0 Å². The molecule has 0 amide bonds. The summed E-state index contributed by atoms with van der Waals surface area (Å²) in [6, 6.07) is 7.00. The molecule has 0 spiro atoms. The molecule has 1 aliphatic rings. The second-order valence-corrected chi connectivity index (χ2v) is 4.63. The summed E-state index contributed by atoms with van der Waals surface area (Å²) in [5, 5.41) is 3.26. The monoisotopic (exact) mass is 207 g/mol. The Labute approximate surface area is 90.7 Å². The number of benzene rings is 1. The number of nitrogens with one attached hydrogen (secondary N) is 1. The molecule has 0 radical (unpaired) electrons. The van der Waals surface area contributed by atoms with Crippen LogP contribution >= 0.6 is 0 Å². The van der Waals surface area contributed by atoms with E-state index >= 15 is 0 Å². The van der Waals surface area contributed by atoms with E-state index in [1.165, 1.54) is 18.4 Å². The summed E-state index contributed by atoms with van der Waals surface area (Å²) in [5.41, 5.74) is 1.51. The van der Waals surface area contributed by atoms with Gasteiger partial charge in [0.1, 0.15) is 5.82 Å². The Bertz CT molecular complexity index is 333. The largest absolute Gasteiger partial charge is 0.319 e. The second-order valence-electron chi connectivity index (χ2n) is 4.63. The van der Waals surface area contributed by atoms with Crippen LogP contribution in [0.2, 0.25) is 0 Å². The van der Waals surface area contributed by atoms with Crippen molar-refractivity contribution in [2.45, 2.75) is 25.2 Å². The van der Waals surface area contributed by atoms with Gasteiger partial charge in [-0.1, -0.05) is 19.1 Å². The average Bonchev–Trinajstić information content (AvgIpc) is 2.25. The molecule has 2 atom stereocenters. The fraction of sp³-hybridized carbons (Fsp3) is 0.538. The van der Waals surface area contributed by atoms with Crippen molar-refractivity contribution in [1.82, 2.24) is 5.32 Å². The third-order valence-corrected chi connectivity index (χ3v) is 3.88. The first-order chi connectivity index (χ1) is 7.19. The zero-order valence-corrected chi connectivity index (χ0v) is 9.39. The van der Waals surface area contributed by atoms with Crippen molar-refractivity contribution >= 4 is 0 Å². The Hall–Kier alpha value is -0.890. The van der Waals surface area contributed by atoms with E-state index in [0.29, 0.717) is 5.92 Å². The van der Waals surface area contributed by atoms with Gasteiger partial charge >= 0.3 is 0 Å². The molecule has 2 heteroatoms. The Kier molecular flexibility index (Phi) is 2.79. The molecule has 0 bridgehead atoms. The van der Waals surface area contributed by atoms with Gasteiger partial charge in [0.25, 0.3) is 0 Å². The van der Waals surface area contributed by atoms with Crippen molar-refractivity contribution in [2.75, 3.05) is 13.6 Å². The van der Waals surface area contributed by atoms with Crippen LogP contribution in [-0.4, -0.2) is 13.6 Å². The molecule has 0 saturated heterocycles. The van der Waals surface area contributed by atoms with Crippen molar-refractivity contribution in [2.24, 2.45) is 5.92 Å². The molecule has 1 aromatic rings. The van der Waals surface area contributed by atoms with Gasteiger partial charge in [-0.25, -0.2) is 4.39 Å². The maximum atomic E-state index is 12.9. The Morgan fingerprint density at radius 3 is 2.47 bits per heavy atom. The van der Waals surface area contributed by atoms with Crippen molar-refractivity contribution in [3.05, 3.63) is 35.6 Å². The highest BCUT2D eigenvalue weighted by Gasteiger charge is 2.44. The lowest BCUT2D eigenvalue weighted by Crippen LogP contribution is -2.49. The van der Waals surface area contributed by atoms with Crippen LogP contribution in [0.1, 0.15) is 25.3 Å². The first-order valence-electron chi connectivity index (χ1n) is 5.60. The first-order valence-corrected chi connectivity index (χ1v) is 5.60. The SMILES string of the molecule is CNCC1(c2ccc(F)cc2)CCC1C. The van der Waals surface area contributed by atoms with E-state index < -0.39 is 0 Å². The number of hydrogen-bond acceptors (Lipinski definition) is 1. The van der Waals surface area contributed by atoms with E-state index in [2.05, 4.69) is 12.2 Å². The van der Waals surface area contributed by atoms with Gasteiger partial charge in [-0.15, -0.1) is 0 Å². The molecular formula is C13H18FN. The summed E-state index contributed by atoms with van der Waals surface area (Å²) in [6.45, 7) is 3.27. The summed E-state index contributed by atoms with van der Waals surface area (Å²) in [4.78, 5) is 0. The molecule has 82 valence electrons. The van der Waals surface area contributed by atoms with Crippen LogP contribution in [0.25, 0.3) is 0 Å². The maximum Gasteiger partial charge on any atom is 0.123 e. The van der Waals surface area contributed by atoms with E-state index in [9.17, 15) is 4.39 Å². The van der Waals surface area contributed by atoms with E-state index in [1.54, 1.807) is 12.1 Å². The van der Waals surface area contributed by atoms with Gasteiger partial charge in [0, 0.05) is 12.0 Å². The molecule has 0 aromatic heterocycles. The van der Waals surface area contributed by atoms with Crippen molar-refractivity contribution in [3.63, 3.8) is 0 Å². The van der Waals surface area contributed by atoms with Crippen LogP contribution in [0.4, 0.5) is 4.39 Å². The standard InChI is InChI=1S/C13H18FN/c1-10-7-8-13(10,9-15-2)11-3-5-12(14)6-4-11/h3-6,10,15H,7-9H2,1-2H3. The highest BCUT2D eigenvalue weighted by Crippen LogP contribution is 2.48. The predicted octanol–water partition coefficient (Wildman–Crippen LogP) is 2.71. The minimum Gasteiger partial charge on any atom is -0.319 e. The molecule has 1 N–H and O–H groups in total. The van der Waals surface area contributed by atoms with Crippen LogP contribution < -0.4 is 5.32 Å². The smallest absolute Gasteiger partial charge is 0.123 e. The third kappa shape index (κ3) is 1.67. The number of halogens is 1. The minimum absolute atomic E-state index is 0.148. The predicted molar refractivity (Wildman–Crippen MR) is 60.4 cm³/mol. The zero-order valence-electron chi connectivity index (χ0n) is 9.39. The van der Waals surface area contributed by atoms with Gasteiger partial charge in [-0.3, -0.25) is 0 Å². The summed E-state index contributed by atoms with van der Waals surface area (Å²) in [5.74, 6) is 0.542. The van der Waals surface area contributed by atoms with Crippen LogP contribution in [0.15, 0.2) is 24.3 Å². The second kappa shape index (κ2) is 3.93. The Morgan fingerprint density at radius 1 is 1.40 bits per heavy atom. The number of likely N-dealkylation sites (N-methyl/N-ethyl adjacent to an activating group) is 1. The Morgan fingerprint density at radius 2 is 2.07 bits per heavy atom. The topological polar surface area (TPSA) is 12.0 Å². The molecule has 2 unspecified atom stereocenters. The van der Waals surface area contributed by atoms with Crippen molar-refractivity contribution in [3.8, 4) is 0 Å². The van der Waals surface area contributed by atoms with Crippen molar-refractivity contribution < 1.29 is 4.39 Å². The highest BCUT2D eigenvalue weighted by atomic mass is 19.1. The zero-order chi connectivity index (χ0) is 10.9. The minimum atomic E-state index is -0.148. The molecular weight excluding hydrogens is 189 g/mol. The molecule has 1 fully saturated rings. The van der Waals surface area contributed by atoms with Crippen LogP contribution in [-0.2, 0) is 5.41 Å². The van der Waals surface area contributed by atoms with Gasteiger partial charge in [-0.2, -0.15) is 0 Å². The molecule has 1 saturated carbocycles. The lowest BCUT2D eigenvalue weighted by atomic mass is 9.57. The quantitative estimate of drug-likeness (QED) is 0.803. The highest BCUT2D eigenvalue weighted by molar-refractivity contribution is 5.30. The van der Waals surface area contributed by atoms with Gasteiger partial charge in [0.15, 0.2) is 0 Å². The van der Waals surface area contributed by atoms with Crippen LogP contribution in [0, 0.1) is 11.7 Å². The first kappa shape index (κ1) is 10.6. The Balaban J connectivity index is 2.29. The van der Waals surface area contributed by atoms with E-state index in [1.807, 2.05) is 19.2 Å². The van der Waals surface area contributed by atoms with Gasteiger partial charge in [0.05, 0.1) is 0 Å². The van der Waals surface area contributed by atoms with Gasteiger partial charge in [0.2, 0.25) is 0 Å². The fourth-order valence-corrected chi connectivity index (χ4v) is 2.67. The van der Waals surface area contributed by atoms with E-state index in [0.717, 1.165) is 6.54 Å². The molecule has 0 aliphatic heterocycles. The normalized spacial score (nSPS) is 29.9. The molecule has 1 nitrogen and oxygen atoms in total. The maximum absolute atomic E-state index is 12.9. The molecule has 1 aromatic carbocycles. The lowest BCUT2D eigenvalue weighted by Gasteiger charge is -2.49. The number of hydrogen-bond donors (Lipinski definition) is 1. The summed E-state index contributed by atoms with van der Waals surface area (Å²) in [7, 11) is 1.98. The van der Waals surface area contributed by atoms with E-state index in [4.69, 9.17) is 0 Å². The third-order valence-electron chi connectivity index (χ3n) is 3.88. The van der Waals surface area contributed by atoms with Crippen LogP contribution in [0.3, 0.4) is 0 Å². The molecule has 2 rings (SSSR count).